The van der Waals surface area contributed by atoms with Crippen molar-refractivity contribution >= 4 is 17.7 Å². The van der Waals surface area contributed by atoms with Gasteiger partial charge in [0, 0.05) is 29.6 Å². The van der Waals surface area contributed by atoms with E-state index in [0.717, 1.165) is 11.3 Å². The van der Waals surface area contributed by atoms with Crippen molar-refractivity contribution < 1.29 is 9.53 Å². The Kier molecular flexibility index (Phi) is 4.45. The lowest BCUT2D eigenvalue weighted by atomic mass is 9.74. The maximum atomic E-state index is 12.5. The van der Waals surface area contributed by atoms with Crippen molar-refractivity contribution in [2.75, 3.05) is 18.1 Å². The van der Waals surface area contributed by atoms with Crippen molar-refractivity contribution in [2.45, 2.75) is 45.2 Å². The third-order valence-corrected chi connectivity index (χ3v) is 6.11. The fourth-order valence-electron chi connectivity index (χ4n) is 4.58. The van der Waals surface area contributed by atoms with Gasteiger partial charge in [0.1, 0.15) is 11.4 Å². The van der Waals surface area contributed by atoms with Crippen molar-refractivity contribution in [2.24, 2.45) is 0 Å². The second-order valence-electron chi connectivity index (χ2n) is 8.17. The number of rotatable bonds is 4. The van der Waals surface area contributed by atoms with E-state index in [2.05, 4.69) is 61.3 Å². The highest BCUT2D eigenvalue weighted by Gasteiger charge is 2.57. The average Bonchev–Trinajstić information content (AvgIpc) is 2.85. The van der Waals surface area contributed by atoms with Crippen molar-refractivity contribution in [3.8, 4) is 5.75 Å². The predicted octanol–water partition coefficient (Wildman–Crippen LogP) is 4.42. The maximum absolute atomic E-state index is 12.5. The molecular weight excluding hydrogens is 348 g/mol. The molecule has 4 nitrogen and oxygen atoms in total. The van der Waals surface area contributed by atoms with Gasteiger partial charge in [-0.15, -0.1) is 0 Å². The van der Waals surface area contributed by atoms with Crippen LogP contribution in [0.15, 0.2) is 48.5 Å². The minimum absolute atomic E-state index is 0.0941. The highest BCUT2D eigenvalue weighted by molar-refractivity contribution is 5.85. The summed E-state index contributed by atoms with van der Waals surface area (Å²) < 4.78 is 5.78. The number of hydrogen-bond acceptors (Lipinski definition) is 3. The average molecular weight is 377 g/mol. The highest BCUT2D eigenvalue weighted by atomic mass is 16.5. The van der Waals surface area contributed by atoms with Crippen LogP contribution in [0.2, 0.25) is 0 Å². The number of hydrogen-bond donors (Lipinski definition) is 1. The van der Waals surface area contributed by atoms with E-state index in [-0.39, 0.29) is 11.3 Å². The number of carbonyl (C=O) groups excluding carboxylic acids is 1. The molecule has 2 heterocycles. The minimum Gasteiger partial charge on any atom is -0.493 e. The summed E-state index contributed by atoms with van der Waals surface area (Å²) >= 11 is 0. The molecule has 0 saturated carbocycles. The standard InChI is InChI=1S/C24H28N2O2/c1-5-28-21-9-7-6-8-18(21)12-14-24-23(3,4)19-16-17(2)10-11-20(19)26(24)15-13-22(27)25-24/h6-12,14,16H,5,13,15H2,1-4H3,(H,25,27)/t24-/m0/s1. The molecule has 2 aromatic carbocycles. The van der Waals surface area contributed by atoms with Crippen molar-refractivity contribution in [1.82, 2.24) is 5.32 Å². The summed E-state index contributed by atoms with van der Waals surface area (Å²) in [5, 5.41) is 3.33. The van der Waals surface area contributed by atoms with Crippen LogP contribution in [0.1, 0.15) is 43.9 Å². The zero-order valence-electron chi connectivity index (χ0n) is 17.1. The second kappa shape index (κ2) is 6.69. The molecule has 28 heavy (non-hydrogen) atoms. The number of benzene rings is 2. The molecule has 0 aromatic heterocycles. The van der Waals surface area contributed by atoms with Crippen LogP contribution in [-0.4, -0.2) is 24.7 Å². The fraction of sp³-hybridized carbons (Fsp3) is 0.375. The van der Waals surface area contributed by atoms with Gasteiger partial charge in [-0.2, -0.15) is 0 Å². The minimum atomic E-state index is -0.599. The summed E-state index contributed by atoms with van der Waals surface area (Å²) in [5.74, 6) is 0.951. The van der Waals surface area contributed by atoms with Crippen LogP contribution in [0.4, 0.5) is 5.69 Å². The summed E-state index contributed by atoms with van der Waals surface area (Å²) in [6.07, 6.45) is 4.75. The number of nitrogens with zero attached hydrogens (tertiary/aromatic N) is 1. The van der Waals surface area contributed by atoms with Crippen LogP contribution in [0, 0.1) is 6.92 Å². The molecule has 2 aromatic rings. The van der Waals surface area contributed by atoms with Crippen molar-refractivity contribution in [3.05, 3.63) is 65.2 Å². The van der Waals surface area contributed by atoms with Gasteiger partial charge in [-0.3, -0.25) is 4.79 Å². The topological polar surface area (TPSA) is 41.6 Å². The first-order chi connectivity index (χ1) is 13.4. The van der Waals surface area contributed by atoms with Gasteiger partial charge in [0.2, 0.25) is 5.91 Å². The molecular formula is C24H28N2O2. The van der Waals surface area contributed by atoms with E-state index in [9.17, 15) is 4.79 Å². The second-order valence-corrected chi connectivity index (χ2v) is 8.17. The van der Waals surface area contributed by atoms with Gasteiger partial charge in [-0.1, -0.05) is 55.8 Å². The number of fused-ring (bicyclic) bond motifs is 3. The number of anilines is 1. The monoisotopic (exact) mass is 376 g/mol. The molecule has 0 aliphatic carbocycles. The van der Waals surface area contributed by atoms with Gasteiger partial charge >= 0.3 is 0 Å². The molecule has 1 amide bonds. The summed E-state index contributed by atoms with van der Waals surface area (Å²) in [6.45, 7) is 9.87. The zero-order chi connectivity index (χ0) is 19.9. The molecule has 0 radical (unpaired) electrons. The molecule has 4 rings (SSSR count). The Labute approximate surface area is 167 Å². The van der Waals surface area contributed by atoms with Gasteiger partial charge in [0.25, 0.3) is 0 Å². The first-order valence-corrected chi connectivity index (χ1v) is 10.00. The molecule has 0 unspecified atom stereocenters. The number of nitrogens with one attached hydrogen (secondary N) is 1. The Bertz CT molecular complexity index is 947. The Balaban J connectivity index is 1.84. The summed E-state index contributed by atoms with van der Waals surface area (Å²) in [5.41, 5.74) is 3.86. The third-order valence-electron chi connectivity index (χ3n) is 6.11. The SMILES string of the molecule is CCOc1ccccc1C=C[C@]12NC(=O)CCN1c1ccc(C)cc1C2(C)C. The van der Waals surface area contributed by atoms with E-state index in [1.807, 2.05) is 31.2 Å². The van der Waals surface area contributed by atoms with Gasteiger partial charge in [0.15, 0.2) is 0 Å². The van der Waals surface area contributed by atoms with Crippen LogP contribution in [0.25, 0.3) is 6.08 Å². The third kappa shape index (κ3) is 2.70. The molecule has 1 fully saturated rings. The van der Waals surface area contributed by atoms with E-state index in [4.69, 9.17) is 4.74 Å². The molecule has 0 bridgehead atoms. The number of ether oxygens (including phenoxy) is 1. The smallest absolute Gasteiger partial charge is 0.223 e. The van der Waals surface area contributed by atoms with Gasteiger partial charge in [-0.05, 0) is 37.6 Å². The van der Waals surface area contributed by atoms with E-state index in [0.29, 0.717) is 19.6 Å². The van der Waals surface area contributed by atoms with Crippen LogP contribution in [-0.2, 0) is 10.2 Å². The van der Waals surface area contributed by atoms with E-state index in [1.54, 1.807) is 0 Å². The summed E-state index contributed by atoms with van der Waals surface area (Å²) in [7, 11) is 0. The molecule has 146 valence electrons. The lowest BCUT2D eigenvalue weighted by molar-refractivity contribution is -0.124. The largest absolute Gasteiger partial charge is 0.493 e. The lowest BCUT2D eigenvalue weighted by Gasteiger charge is -2.49. The number of amides is 1. The van der Waals surface area contributed by atoms with Gasteiger partial charge in [-0.25, -0.2) is 0 Å². The van der Waals surface area contributed by atoms with Crippen LogP contribution in [0.5, 0.6) is 5.75 Å². The van der Waals surface area contributed by atoms with Crippen molar-refractivity contribution in [1.29, 1.82) is 0 Å². The van der Waals surface area contributed by atoms with Gasteiger partial charge < -0.3 is 15.0 Å². The molecule has 1 atom stereocenters. The Morgan fingerprint density at radius 3 is 2.79 bits per heavy atom. The fourth-order valence-corrected chi connectivity index (χ4v) is 4.58. The van der Waals surface area contributed by atoms with E-state index < -0.39 is 5.66 Å². The molecule has 0 spiro atoms. The van der Waals surface area contributed by atoms with E-state index >= 15 is 0 Å². The highest BCUT2D eigenvalue weighted by Crippen LogP contribution is 2.52. The summed E-state index contributed by atoms with van der Waals surface area (Å²) in [6, 6.07) is 14.6. The number of para-hydroxylation sites is 1. The molecule has 2 aliphatic heterocycles. The molecule has 1 N–H and O–H groups in total. The van der Waals surface area contributed by atoms with Crippen LogP contribution in [0.3, 0.4) is 0 Å². The quantitative estimate of drug-likeness (QED) is 0.859. The maximum Gasteiger partial charge on any atom is 0.223 e. The first kappa shape index (κ1) is 18.6. The van der Waals surface area contributed by atoms with Crippen LogP contribution < -0.4 is 15.0 Å². The Morgan fingerprint density at radius 1 is 1.21 bits per heavy atom. The Hall–Kier alpha value is -2.75. The summed E-state index contributed by atoms with van der Waals surface area (Å²) in [4.78, 5) is 14.9. The molecule has 2 aliphatic rings. The Morgan fingerprint density at radius 2 is 2.00 bits per heavy atom. The van der Waals surface area contributed by atoms with E-state index in [1.165, 1.54) is 16.8 Å². The van der Waals surface area contributed by atoms with Crippen LogP contribution >= 0.6 is 0 Å². The predicted molar refractivity (Wildman–Crippen MR) is 114 cm³/mol. The molecule has 4 heteroatoms. The number of carbonyl (C=O) groups is 1. The number of aryl methyl sites for hydroxylation is 1. The normalized spacial score (nSPS) is 22.7. The lowest BCUT2D eigenvalue weighted by Crippen LogP contribution is -2.68. The zero-order valence-corrected chi connectivity index (χ0v) is 17.1. The molecule has 1 saturated heterocycles. The van der Waals surface area contributed by atoms with Crippen molar-refractivity contribution in [3.63, 3.8) is 0 Å². The first-order valence-electron chi connectivity index (χ1n) is 10.00. The van der Waals surface area contributed by atoms with Gasteiger partial charge in [0.05, 0.1) is 6.61 Å².